The molecule has 3 heterocycles. The molecule has 1 N–H and O–H groups in total. The summed E-state index contributed by atoms with van der Waals surface area (Å²) in [5, 5.41) is 3.17. The zero-order valence-electron chi connectivity index (χ0n) is 22.6. The fraction of sp³-hybridized carbons (Fsp3) is 0.581. The fourth-order valence-corrected chi connectivity index (χ4v) is 6.46. The van der Waals surface area contributed by atoms with Crippen LogP contribution in [0.3, 0.4) is 0 Å². The Bertz CT molecular complexity index is 1060. The average Bonchev–Trinajstić information content (AvgIpc) is 3.48. The van der Waals surface area contributed by atoms with Gasteiger partial charge in [-0.15, -0.1) is 0 Å². The number of carbonyl (C=O) groups excluding carboxylic acids is 2. The summed E-state index contributed by atoms with van der Waals surface area (Å²) in [5.74, 6) is 1.28. The molecule has 1 saturated carbocycles. The molecule has 1 spiro atoms. The molecule has 2 aromatic rings. The molecule has 0 unspecified atom stereocenters. The molecule has 2 aliphatic heterocycles. The highest BCUT2D eigenvalue weighted by Crippen LogP contribution is 2.38. The maximum absolute atomic E-state index is 13.6. The molecule has 5 rings (SSSR count). The summed E-state index contributed by atoms with van der Waals surface area (Å²) in [5.41, 5.74) is 1.85. The Hall–Kier alpha value is -2.93. The highest BCUT2D eigenvalue weighted by Gasteiger charge is 2.41. The van der Waals surface area contributed by atoms with E-state index in [4.69, 9.17) is 4.74 Å². The van der Waals surface area contributed by atoms with Gasteiger partial charge in [0.2, 0.25) is 11.8 Å². The number of rotatable bonds is 5. The van der Waals surface area contributed by atoms with E-state index in [-0.39, 0.29) is 17.2 Å². The molecular weight excluding hydrogens is 476 g/mol. The minimum Gasteiger partial charge on any atom is -0.491 e. The number of hydrogen-bond donors (Lipinski definition) is 1. The number of fused-ring (bicyclic) bond motifs is 1. The van der Waals surface area contributed by atoms with Crippen LogP contribution in [0.25, 0.3) is 0 Å². The number of benzene rings is 1. The summed E-state index contributed by atoms with van der Waals surface area (Å²) in [6.07, 6.45) is 11.9. The number of nitrogens with one attached hydrogen (secondary N) is 1. The number of pyridine rings is 1. The summed E-state index contributed by atoms with van der Waals surface area (Å²) in [6, 6.07) is 14.5. The zero-order chi connectivity index (χ0) is 26.2. The maximum Gasteiger partial charge on any atom is 0.237 e. The van der Waals surface area contributed by atoms with Crippen molar-refractivity contribution >= 4 is 11.8 Å². The monoisotopic (exact) mass is 518 g/mol. The normalized spacial score (nSPS) is 21.0. The Morgan fingerprint density at radius 1 is 1.03 bits per heavy atom. The Balaban J connectivity index is 1.19. The Labute approximate surface area is 226 Å². The third-order valence-electron chi connectivity index (χ3n) is 8.77. The minimum absolute atomic E-state index is 0.156. The molecule has 0 radical (unpaired) electrons. The molecule has 1 aromatic heterocycles. The smallest absolute Gasteiger partial charge is 0.237 e. The zero-order valence-corrected chi connectivity index (χ0v) is 22.6. The number of likely N-dealkylation sites (tertiary alicyclic amines) is 1. The van der Waals surface area contributed by atoms with E-state index in [0.717, 1.165) is 75.9 Å². The van der Waals surface area contributed by atoms with Crippen LogP contribution >= 0.6 is 0 Å². The van der Waals surface area contributed by atoms with Gasteiger partial charge in [-0.2, -0.15) is 0 Å². The van der Waals surface area contributed by atoms with Crippen molar-refractivity contribution in [2.45, 2.75) is 76.8 Å². The van der Waals surface area contributed by atoms with Gasteiger partial charge < -0.3 is 15.0 Å². The molecule has 204 valence electrons. The molecule has 1 aromatic carbocycles. The Morgan fingerprint density at radius 2 is 1.82 bits per heavy atom. The van der Waals surface area contributed by atoms with Gasteiger partial charge in [0.15, 0.2) is 0 Å². The molecule has 0 atom stereocenters. The van der Waals surface area contributed by atoms with Crippen molar-refractivity contribution in [3.8, 4) is 5.75 Å². The number of ether oxygens (including phenoxy) is 1. The van der Waals surface area contributed by atoms with E-state index < -0.39 is 0 Å². The second-order valence-electron chi connectivity index (χ2n) is 11.3. The van der Waals surface area contributed by atoms with Gasteiger partial charge in [-0.3, -0.25) is 19.5 Å². The molecule has 7 heteroatoms. The number of carbonyl (C=O) groups is 2. The van der Waals surface area contributed by atoms with Gasteiger partial charge in [0.25, 0.3) is 0 Å². The lowest BCUT2D eigenvalue weighted by Gasteiger charge is -2.41. The Morgan fingerprint density at radius 3 is 2.61 bits per heavy atom. The number of piperidine rings is 1. The van der Waals surface area contributed by atoms with Crippen LogP contribution in [0.2, 0.25) is 0 Å². The summed E-state index contributed by atoms with van der Waals surface area (Å²) >= 11 is 0. The summed E-state index contributed by atoms with van der Waals surface area (Å²) in [6.45, 7) is 3.55. The van der Waals surface area contributed by atoms with E-state index in [1.54, 1.807) is 6.20 Å². The van der Waals surface area contributed by atoms with Gasteiger partial charge in [0, 0.05) is 12.2 Å². The van der Waals surface area contributed by atoms with Crippen LogP contribution in [0.15, 0.2) is 48.7 Å². The summed E-state index contributed by atoms with van der Waals surface area (Å²) < 4.78 is 5.98. The quantitative estimate of drug-likeness (QED) is 0.637. The van der Waals surface area contributed by atoms with Gasteiger partial charge in [0.1, 0.15) is 12.4 Å². The standard InChI is InChI=1S/C31H42N4O3/c36-29(35(27-12-2-3-13-27)23-26-11-6-8-18-32-26)24-34-20-16-31(17-21-34)15-7-5-10-25-9-1-4-14-28(25)38-22-19-33-30(31)37/h1,4,6,8-9,11,14,18,27H,2-3,5,7,10,12-13,15-17,19-24H2,(H,33,37). The number of nitrogens with zero attached hydrogens (tertiary/aromatic N) is 3. The van der Waals surface area contributed by atoms with Crippen LogP contribution in [0.5, 0.6) is 5.75 Å². The summed E-state index contributed by atoms with van der Waals surface area (Å²) in [7, 11) is 0. The third kappa shape index (κ3) is 6.55. The lowest BCUT2D eigenvalue weighted by Crippen LogP contribution is -2.52. The van der Waals surface area contributed by atoms with Crippen LogP contribution in [-0.4, -0.2) is 65.4 Å². The van der Waals surface area contributed by atoms with Gasteiger partial charge in [0.05, 0.1) is 30.7 Å². The number of amides is 2. The molecule has 2 amide bonds. The van der Waals surface area contributed by atoms with Crippen LogP contribution in [0, 0.1) is 5.41 Å². The van der Waals surface area contributed by atoms with Crippen LogP contribution in [-0.2, 0) is 22.6 Å². The first-order chi connectivity index (χ1) is 18.6. The fourth-order valence-electron chi connectivity index (χ4n) is 6.46. The van der Waals surface area contributed by atoms with E-state index in [2.05, 4.69) is 32.2 Å². The lowest BCUT2D eigenvalue weighted by molar-refractivity contribution is -0.138. The van der Waals surface area contributed by atoms with Gasteiger partial charge in [-0.05, 0) is 81.8 Å². The topological polar surface area (TPSA) is 74.8 Å². The van der Waals surface area contributed by atoms with Crippen molar-refractivity contribution in [2.75, 3.05) is 32.8 Å². The molecule has 1 saturated heterocycles. The third-order valence-corrected chi connectivity index (χ3v) is 8.77. The van der Waals surface area contributed by atoms with Crippen LogP contribution in [0.4, 0.5) is 0 Å². The average molecular weight is 519 g/mol. The SMILES string of the molecule is O=C(CN1CCC2(CCCCc3ccccc3OCCNC2=O)CC1)N(Cc1ccccn1)C1CCCC1. The van der Waals surface area contributed by atoms with Gasteiger partial charge in [-0.1, -0.05) is 43.5 Å². The van der Waals surface area contributed by atoms with Crippen molar-refractivity contribution in [3.63, 3.8) is 0 Å². The largest absolute Gasteiger partial charge is 0.491 e. The van der Waals surface area contributed by atoms with E-state index in [1.165, 1.54) is 18.4 Å². The van der Waals surface area contributed by atoms with E-state index >= 15 is 0 Å². The lowest BCUT2D eigenvalue weighted by atomic mass is 9.73. The minimum atomic E-state index is -0.350. The molecule has 1 aliphatic carbocycles. The molecule has 3 aliphatic rings. The highest BCUT2D eigenvalue weighted by molar-refractivity contribution is 5.83. The van der Waals surface area contributed by atoms with E-state index in [9.17, 15) is 9.59 Å². The molecule has 2 fully saturated rings. The first kappa shape index (κ1) is 26.7. The summed E-state index contributed by atoms with van der Waals surface area (Å²) in [4.78, 5) is 35.8. The van der Waals surface area contributed by atoms with Gasteiger partial charge in [-0.25, -0.2) is 0 Å². The molecular formula is C31H42N4O3. The first-order valence-corrected chi connectivity index (χ1v) is 14.5. The predicted molar refractivity (Wildman–Crippen MR) is 148 cm³/mol. The number of hydrogen-bond acceptors (Lipinski definition) is 5. The first-order valence-electron chi connectivity index (χ1n) is 14.5. The molecule has 7 nitrogen and oxygen atoms in total. The Kier molecular flexibility index (Phi) is 8.94. The van der Waals surface area contributed by atoms with E-state index in [1.807, 2.05) is 30.3 Å². The number of aryl methyl sites for hydroxylation is 1. The van der Waals surface area contributed by atoms with Crippen molar-refractivity contribution in [1.82, 2.24) is 20.1 Å². The second-order valence-corrected chi connectivity index (χ2v) is 11.3. The van der Waals surface area contributed by atoms with Crippen LogP contribution in [0.1, 0.15) is 69.0 Å². The number of para-hydroxylation sites is 1. The molecule has 38 heavy (non-hydrogen) atoms. The second kappa shape index (κ2) is 12.7. The highest BCUT2D eigenvalue weighted by atomic mass is 16.5. The van der Waals surface area contributed by atoms with Crippen LogP contribution < -0.4 is 10.1 Å². The van der Waals surface area contributed by atoms with Gasteiger partial charge >= 0.3 is 0 Å². The number of aromatic nitrogens is 1. The maximum atomic E-state index is 13.6. The van der Waals surface area contributed by atoms with Crippen molar-refractivity contribution in [3.05, 3.63) is 59.9 Å². The predicted octanol–water partition coefficient (Wildman–Crippen LogP) is 4.36. The van der Waals surface area contributed by atoms with Crippen molar-refractivity contribution in [1.29, 1.82) is 0 Å². The van der Waals surface area contributed by atoms with Crippen molar-refractivity contribution < 1.29 is 14.3 Å². The van der Waals surface area contributed by atoms with E-state index in [0.29, 0.717) is 32.3 Å². The van der Waals surface area contributed by atoms with Crippen molar-refractivity contribution in [2.24, 2.45) is 5.41 Å². The molecule has 0 bridgehead atoms.